The van der Waals surface area contributed by atoms with E-state index in [1.165, 1.54) is 12.3 Å². The first-order valence-electron chi connectivity index (χ1n) is 8.37. The van der Waals surface area contributed by atoms with Crippen molar-refractivity contribution in [2.75, 3.05) is 7.11 Å². The van der Waals surface area contributed by atoms with Crippen LogP contribution in [0.25, 0.3) is 10.9 Å². The van der Waals surface area contributed by atoms with Gasteiger partial charge in [0, 0.05) is 18.0 Å². The lowest BCUT2D eigenvalue weighted by Crippen LogP contribution is -2.43. The van der Waals surface area contributed by atoms with Gasteiger partial charge in [0.1, 0.15) is 29.1 Å². The average Bonchev–Trinajstić information content (AvgIpc) is 2.70. The molecule has 1 N–H and O–H groups in total. The zero-order valence-electron chi connectivity index (χ0n) is 15.0. The molecule has 0 radical (unpaired) electrons. The normalized spacial score (nSPS) is 11.9. The molecule has 9 heteroatoms. The lowest BCUT2D eigenvalue weighted by Gasteiger charge is -2.18. The number of carbonyl (C=O) groups excluding carboxylic acids is 2. The summed E-state index contributed by atoms with van der Waals surface area (Å²) in [7, 11) is 1.10. The van der Waals surface area contributed by atoms with E-state index in [0.29, 0.717) is 16.5 Å². The summed E-state index contributed by atoms with van der Waals surface area (Å²) in [6, 6.07) is 6.16. The summed E-state index contributed by atoms with van der Waals surface area (Å²) in [4.78, 5) is 28.7. The molecule has 1 aromatic heterocycles. The minimum absolute atomic E-state index is 0.156. The largest absolute Gasteiger partial charge is 0.467 e. The quantitative estimate of drug-likeness (QED) is 0.578. The molecule has 29 heavy (non-hydrogen) atoms. The van der Waals surface area contributed by atoms with Gasteiger partial charge in [-0.05, 0) is 45.8 Å². The number of nitrogens with zero attached hydrogens (tertiary/aromatic N) is 1. The summed E-state index contributed by atoms with van der Waals surface area (Å²) in [5.74, 6) is -4.74. The molecule has 0 aliphatic heterocycles. The van der Waals surface area contributed by atoms with E-state index in [-0.39, 0.29) is 10.9 Å². The smallest absolute Gasteiger partial charge is 0.328 e. The molecule has 0 saturated heterocycles. The van der Waals surface area contributed by atoms with Crippen LogP contribution in [0.4, 0.5) is 13.2 Å². The maximum Gasteiger partial charge on any atom is 0.328 e. The molecule has 1 heterocycles. The number of methoxy groups -OCH3 is 1. The van der Waals surface area contributed by atoms with Gasteiger partial charge in [0.05, 0.1) is 17.1 Å². The highest BCUT2D eigenvalue weighted by atomic mass is 79.9. The molecule has 0 saturated carbocycles. The highest BCUT2D eigenvalue weighted by Crippen LogP contribution is 2.29. The second-order valence-corrected chi connectivity index (χ2v) is 6.87. The van der Waals surface area contributed by atoms with Crippen LogP contribution in [0.1, 0.15) is 15.9 Å². The summed E-state index contributed by atoms with van der Waals surface area (Å²) in [5, 5.41) is 2.81. The Balaban J connectivity index is 1.98. The summed E-state index contributed by atoms with van der Waals surface area (Å²) in [6.07, 6.45) is 1.30. The molecular weight excluding hydrogens is 453 g/mol. The highest BCUT2D eigenvalue weighted by molar-refractivity contribution is 9.10. The van der Waals surface area contributed by atoms with Crippen LogP contribution in [0.2, 0.25) is 0 Å². The maximum absolute atomic E-state index is 14.3. The van der Waals surface area contributed by atoms with Crippen molar-refractivity contribution in [3.8, 4) is 0 Å². The van der Waals surface area contributed by atoms with Crippen LogP contribution in [0.15, 0.2) is 47.1 Å². The number of nitrogens with one attached hydrogen (secondary N) is 1. The lowest BCUT2D eigenvalue weighted by atomic mass is 10.00. The van der Waals surface area contributed by atoms with Crippen molar-refractivity contribution in [3.63, 3.8) is 0 Å². The molecule has 1 atom stereocenters. The molecule has 0 spiro atoms. The lowest BCUT2D eigenvalue weighted by molar-refractivity contribution is -0.142. The molecule has 150 valence electrons. The van der Waals surface area contributed by atoms with Gasteiger partial charge in [-0.2, -0.15) is 0 Å². The van der Waals surface area contributed by atoms with Gasteiger partial charge in [0.2, 0.25) is 0 Å². The minimum atomic E-state index is -1.31. The number of fused-ring (bicyclic) bond motifs is 1. The number of benzene rings is 2. The molecule has 0 fully saturated rings. The first kappa shape index (κ1) is 20.8. The van der Waals surface area contributed by atoms with Crippen LogP contribution in [0, 0.1) is 17.5 Å². The number of aromatic nitrogens is 1. The van der Waals surface area contributed by atoms with E-state index in [1.807, 2.05) is 0 Å². The molecule has 5 nitrogen and oxygen atoms in total. The molecule has 0 unspecified atom stereocenters. The summed E-state index contributed by atoms with van der Waals surface area (Å²) < 4.78 is 46.9. The predicted octanol–water partition coefficient (Wildman–Crippen LogP) is 3.93. The average molecular weight is 467 g/mol. The van der Waals surface area contributed by atoms with Crippen LogP contribution in [0.3, 0.4) is 0 Å². The topological polar surface area (TPSA) is 68.3 Å². The van der Waals surface area contributed by atoms with Crippen LogP contribution < -0.4 is 5.32 Å². The number of hydrogen-bond donors (Lipinski definition) is 1. The van der Waals surface area contributed by atoms with Gasteiger partial charge in [0.25, 0.3) is 5.91 Å². The third-order valence-corrected chi connectivity index (χ3v) is 5.03. The van der Waals surface area contributed by atoms with Gasteiger partial charge in [0.15, 0.2) is 0 Å². The number of hydrogen-bond acceptors (Lipinski definition) is 4. The van der Waals surface area contributed by atoms with E-state index in [4.69, 9.17) is 0 Å². The number of pyridine rings is 1. The molecule has 1 amide bonds. The first-order valence-corrected chi connectivity index (χ1v) is 9.17. The Morgan fingerprint density at radius 3 is 2.48 bits per heavy atom. The summed E-state index contributed by atoms with van der Waals surface area (Å²) in [5.41, 5.74) is -0.133. The Kier molecular flexibility index (Phi) is 6.17. The summed E-state index contributed by atoms with van der Waals surface area (Å²) in [6.45, 7) is 0. The molecule has 0 aliphatic rings. The molecule has 3 aromatic rings. The highest BCUT2D eigenvalue weighted by Gasteiger charge is 2.27. The van der Waals surface area contributed by atoms with Gasteiger partial charge >= 0.3 is 5.97 Å². The van der Waals surface area contributed by atoms with Gasteiger partial charge in [-0.1, -0.05) is 12.1 Å². The molecular formula is C20H14BrF3N2O3. The van der Waals surface area contributed by atoms with Crippen LogP contribution in [-0.2, 0) is 16.0 Å². The zero-order chi connectivity index (χ0) is 21.1. The van der Waals surface area contributed by atoms with E-state index in [9.17, 15) is 22.8 Å². The van der Waals surface area contributed by atoms with E-state index >= 15 is 0 Å². The number of rotatable bonds is 5. The Hall–Kier alpha value is -2.94. The SMILES string of the molecule is COC(=O)[C@H](Cc1cc(F)c(Br)c2ncccc12)NC(=O)c1c(F)cccc1F. The van der Waals surface area contributed by atoms with Gasteiger partial charge in [-0.25, -0.2) is 18.0 Å². The Morgan fingerprint density at radius 1 is 1.14 bits per heavy atom. The van der Waals surface area contributed by atoms with Gasteiger partial charge < -0.3 is 10.1 Å². The van der Waals surface area contributed by atoms with E-state index < -0.39 is 40.9 Å². The van der Waals surface area contributed by atoms with Crippen molar-refractivity contribution in [2.45, 2.75) is 12.5 Å². The van der Waals surface area contributed by atoms with Crippen LogP contribution in [-0.4, -0.2) is 30.0 Å². The van der Waals surface area contributed by atoms with E-state index in [1.54, 1.807) is 12.1 Å². The molecule has 3 rings (SSSR count). The Bertz CT molecular complexity index is 1090. The maximum atomic E-state index is 14.3. The predicted molar refractivity (Wildman–Crippen MR) is 103 cm³/mol. The summed E-state index contributed by atoms with van der Waals surface area (Å²) >= 11 is 3.13. The third kappa shape index (κ3) is 4.24. The first-order chi connectivity index (χ1) is 13.8. The van der Waals surface area contributed by atoms with E-state index in [0.717, 1.165) is 25.3 Å². The number of halogens is 4. The Labute approximate surface area is 172 Å². The molecule has 0 aliphatic carbocycles. The second kappa shape index (κ2) is 8.60. The zero-order valence-corrected chi connectivity index (χ0v) is 16.6. The van der Waals surface area contributed by atoms with Crippen molar-refractivity contribution in [2.24, 2.45) is 0 Å². The molecule has 2 aromatic carbocycles. The monoisotopic (exact) mass is 466 g/mol. The number of esters is 1. The van der Waals surface area contributed by atoms with Crippen molar-refractivity contribution in [3.05, 3.63) is 75.6 Å². The van der Waals surface area contributed by atoms with Crippen molar-refractivity contribution in [1.29, 1.82) is 0 Å². The van der Waals surface area contributed by atoms with Crippen molar-refractivity contribution < 1.29 is 27.5 Å². The third-order valence-electron chi connectivity index (χ3n) is 4.28. The standard InChI is InChI=1S/C20H14BrF3N2O3/c1-29-20(28)15(26-19(27)16-12(22)5-2-6-13(16)23)9-10-8-14(24)17(21)18-11(10)4-3-7-25-18/h2-8,15H,9H2,1H3,(H,26,27)/t15-/m0/s1. The number of amides is 1. The number of ether oxygens (including phenoxy) is 1. The minimum Gasteiger partial charge on any atom is -0.467 e. The fraction of sp³-hybridized carbons (Fsp3) is 0.150. The van der Waals surface area contributed by atoms with Crippen LogP contribution in [0.5, 0.6) is 0 Å². The second-order valence-electron chi connectivity index (χ2n) is 6.08. The fourth-order valence-electron chi connectivity index (χ4n) is 2.92. The van der Waals surface area contributed by atoms with Crippen LogP contribution >= 0.6 is 15.9 Å². The van der Waals surface area contributed by atoms with Gasteiger partial charge in [-0.3, -0.25) is 9.78 Å². The van der Waals surface area contributed by atoms with Crippen molar-refractivity contribution >= 4 is 38.7 Å². The Morgan fingerprint density at radius 2 is 1.83 bits per heavy atom. The molecule has 0 bridgehead atoms. The number of carbonyl (C=O) groups is 2. The fourth-order valence-corrected chi connectivity index (χ4v) is 3.35. The van der Waals surface area contributed by atoms with Crippen molar-refractivity contribution in [1.82, 2.24) is 10.3 Å². The van der Waals surface area contributed by atoms with E-state index in [2.05, 4.69) is 31.0 Å². The van der Waals surface area contributed by atoms with Gasteiger partial charge in [-0.15, -0.1) is 0 Å².